The fourth-order valence-corrected chi connectivity index (χ4v) is 0.144. The van der Waals surface area contributed by atoms with Gasteiger partial charge >= 0.3 is 35.5 Å². The molecule has 7 heavy (non-hydrogen) atoms. The maximum atomic E-state index is 9.96. The Kier molecular flexibility index (Phi) is 9.66. The molecule has 0 aliphatic heterocycles. The van der Waals surface area contributed by atoms with Crippen molar-refractivity contribution in [1.29, 1.82) is 0 Å². The van der Waals surface area contributed by atoms with Crippen LogP contribution in [-0.2, 0) is 9.53 Å². The van der Waals surface area contributed by atoms with Gasteiger partial charge in [-0.05, 0) is 0 Å². The van der Waals surface area contributed by atoms with Crippen molar-refractivity contribution in [2.75, 3.05) is 7.11 Å². The van der Waals surface area contributed by atoms with Crippen LogP contribution in [0.1, 0.15) is 13.3 Å². The van der Waals surface area contributed by atoms with E-state index in [-0.39, 0.29) is 35.5 Å². The van der Waals surface area contributed by atoms with Gasteiger partial charge in [0.2, 0.25) is 0 Å². The third-order valence-corrected chi connectivity index (χ3v) is 0.516. The van der Waals surface area contributed by atoms with E-state index in [4.69, 9.17) is 0 Å². The molecule has 0 radical (unpaired) electrons. The van der Waals surface area contributed by atoms with Gasteiger partial charge in [-0.15, -0.1) is 0 Å². The summed E-state index contributed by atoms with van der Waals surface area (Å²) in [6, 6.07) is 0. The molecule has 0 unspecified atom stereocenters. The monoisotopic (exact) mass is 112 g/mol. The van der Waals surface area contributed by atoms with E-state index in [0.717, 1.165) is 0 Å². The molecule has 0 saturated carbocycles. The molecular formula is C4H9NaO2. The van der Waals surface area contributed by atoms with Gasteiger partial charge in [0.1, 0.15) is 0 Å². The van der Waals surface area contributed by atoms with E-state index in [2.05, 4.69) is 4.74 Å². The summed E-state index contributed by atoms with van der Waals surface area (Å²) in [4.78, 5) is 9.96. The van der Waals surface area contributed by atoms with Crippen molar-refractivity contribution in [2.24, 2.45) is 0 Å². The van der Waals surface area contributed by atoms with Gasteiger partial charge < -0.3 is 4.74 Å². The number of rotatable bonds is 1. The van der Waals surface area contributed by atoms with Crippen LogP contribution in [0.15, 0.2) is 0 Å². The molecule has 2 nitrogen and oxygen atoms in total. The molecule has 38 valence electrons. The van der Waals surface area contributed by atoms with Crippen molar-refractivity contribution in [3.8, 4) is 0 Å². The van der Waals surface area contributed by atoms with Gasteiger partial charge in [-0.2, -0.15) is 0 Å². The first kappa shape index (κ1) is 10.5. The number of carbonyl (C=O) groups is 1. The molecule has 0 aromatic rings. The number of ether oxygens (including phenoxy) is 1. The first-order chi connectivity index (χ1) is 2.81. The molecule has 0 heterocycles. The van der Waals surface area contributed by atoms with Gasteiger partial charge in [-0.1, -0.05) is 6.92 Å². The SMILES string of the molecule is CCC(=O)OC.[NaH]. The summed E-state index contributed by atoms with van der Waals surface area (Å²) in [5.74, 6) is -0.157. The van der Waals surface area contributed by atoms with Crippen LogP contribution < -0.4 is 0 Å². The average Bonchev–Trinajstić information content (AvgIpc) is 1.65. The molecule has 0 amide bonds. The first-order valence-corrected chi connectivity index (χ1v) is 1.88. The Morgan fingerprint density at radius 2 is 2.14 bits per heavy atom. The number of esters is 1. The van der Waals surface area contributed by atoms with Gasteiger partial charge in [0.05, 0.1) is 7.11 Å². The summed E-state index contributed by atoms with van der Waals surface area (Å²) in [6.45, 7) is 1.76. The third-order valence-electron chi connectivity index (χ3n) is 0.516. The predicted octanol–water partition coefficient (Wildman–Crippen LogP) is -0.0791. The molecule has 0 aromatic heterocycles. The van der Waals surface area contributed by atoms with Crippen LogP contribution >= 0.6 is 0 Å². The quantitative estimate of drug-likeness (QED) is 0.350. The second kappa shape index (κ2) is 6.47. The summed E-state index contributed by atoms with van der Waals surface area (Å²) in [6.07, 6.45) is 0.469. The molecule has 0 aromatic carbocycles. The fraction of sp³-hybridized carbons (Fsp3) is 0.750. The Bertz CT molecular complexity index is 47.7. The molecule has 0 bridgehead atoms. The van der Waals surface area contributed by atoms with Gasteiger partial charge in [-0.3, -0.25) is 4.79 Å². The number of methoxy groups -OCH3 is 1. The summed E-state index contributed by atoms with van der Waals surface area (Å²) >= 11 is 0. The standard InChI is InChI=1S/C4H8O2.Na.H/c1-3-4(5)6-2;;/h3H2,1-2H3;;. The first-order valence-electron chi connectivity index (χ1n) is 1.88. The van der Waals surface area contributed by atoms with E-state index in [9.17, 15) is 4.79 Å². The minimum atomic E-state index is -0.157. The molecule has 3 heteroatoms. The van der Waals surface area contributed by atoms with Crippen LogP contribution in [-0.4, -0.2) is 42.6 Å². The maximum absolute atomic E-state index is 9.96. The molecular weight excluding hydrogens is 103 g/mol. The second-order valence-corrected chi connectivity index (χ2v) is 0.930. The molecule has 0 rings (SSSR count). The van der Waals surface area contributed by atoms with Crippen LogP contribution in [0.5, 0.6) is 0 Å². The molecule has 0 spiro atoms. The Balaban J connectivity index is 0. The Hall–Kier alpha value is 0.470. The number of carbonyl (C=O) groups excluding carboxylic acids is 1. The second-order valence-electron chi connectivity index (χ2n) is 0.930. The van der Waals surface area contributed by atoms with Crippen LogP contribution in [0, 0.1) is 0 Å². The molecule has 0 N–H and O–H groups in total. The van der Waals surface area contributed by atoms with Gasteiger partial charge in [0.15, 0.2) is 0 Å². The zero-order chi connectivity index (χ0) is 4.99. The average molecular weight is 112 g/mol. The number of hydrogen-bond donors (Lipinski definition) is 0. The number of hydrogen-bond acceptors (Lipinski definition) is 2. The van der Waals surface area contributed by atoms with Gasteiger partial charge in [0.25, 0.3) is 0 Å². The van der Waals surface area contributed by atoms with Crippen molar-refractivity contribution in [2.45, 2.75) is 13.3 Å². The molecule has 0 atom stereocenters. The zero-order valence-electron chi connectivity index (χ0n) is 4.02. The van der Waals surface area contributed by atoms with Crippen LogP contribution in [0.2, 0.25) is 0 Å². The van der Waals surface area contributed by atoms with E-state index in [0.29, 0.717) is 6.42 Å². The van der Waals surface area contributed by atoms with Crippen LogP contribution in [0.25, 0.3) is 0 Å². The van der Waals surface area contributed by atoms with Crippen molar-refractivity contribution in [1.82, 2.24) is 0 Å². The van der Waals surface area contributed by atoms with E-state index in [1.54, 1.807) is 6.92 Å². The van der Waals surface area contributed by atoms with E-state index < -0.39 is 0 Å². The van der Waals surface area contributed by atoms with Crippen molar-refractivity contribution in [3.63, 3.8) is 0 Å². The van der Waals surface area contributed by atoms with Crippen molar-refractivity contribution < 1.29 is 9.53 Å². The zero-order valence-corrected chi connectivity index (χ0v) is 4.02. The predicted molar refractivity (Wildman–Crippen MR) is 29.5 cm³/mol. The van der Waals surface area contributed by atoms with Crippen LogP contribution in [0.4, 0.5) is 0 Å². The Labute approximate surface area is 65.5 Å². The van der Waals surface area contributed by atoms with E-state index in [1.807, 2.05) is 0 Å². The Morgan fingerprint density at radius 3 is 2.14 bits per heavy atom. The van der Waals surface area contributed by atoms with E-state index >= 15 is 0 Å². The molecule has 0 saturated heterocycles. The molecule has 0 fully saturated rings. The van der Waals surface area contributed by atoms with Crippen LogP contribution in [0.3, 0.4) is 0 Å². The normalized spacial score (nSPS) is 6.57. The summed E-state index contributed by atoms with van der Waals surface area (Å²) in [5, 5.41) is 0. The van der Waals surface area contributed by atoms with Gasteiger partial charge in [0, 0.05) is 6.42 Å². The third kappa shape index (κ3) is 6.47. The topological polar surface area (TPSA) is 26.3 Å². The molecule has 0 aliphatic carbocycles. The van der Waals surface area contributed by atoms with Crippen molar-refractivity contribution in [3.05, 3.63) is 0 Å². The summed E-state index contributed by atoms with van der Waals surface area (Å²) in [5.41, 5.74) is 0. The fourth-order valence-electron chi connectivity index (χ4n) is 0.144. The summed E-state index contributed by atoms with van der Waals surface area (Å²) in [7, 11) is 1.38. The Morgan fingerprint density at radius 1 is 1.71 bits per heavy atom. The molecule has 0 aliphatic rings. The summed E-state index contributed by atoms with van der Waals surface area (Å²) < 4.78 is 4.26. The van der Waals surface area contributed by atoms with Crippen molar-refractivity contribution >= 4 is 35.5 Å². The van der Waals surface area contributed by atoms with Gasteiger partial charge in [-0.25, -0.2) is 0 Å². The van der Waals surface area contributed by atoms with E-state index in [1.165, 1.54) is 7.11 Å². The minimum absolute atomic E-state index is 0.